The molecule has 2 nitrogen and oxygen atoms in total. The average molecular weight is 290 g/mol. The van der Waals surface area contributed by atoms with Crippen LogP contribution in [0.5, 0.6) is 0 Å². The van der Waals surface area contributed by atoms with Crippen molar-refractivity contribution in [1.29, 1.82) is 0 Å². The van der Waals surface area contributed by atoms with Crippen molar-refractivity contribution in [2.75, 3.05) is 5.32 Å². The van der Waals surface area contributed by atoms with E-state index in [4.69, 9.17) is 0 Å². The molecule has 0 spiro atoms. The van der Waals surface area contributed by atoms with E-state index in [1.807, 2.05) is 42.1 Å². The minimum atomic E-state index is -1.45. The van der Waals surface area contributed by atoms with Gasteiger partial charge in [0.1, 0.15) is 0 Å². The van der Waals surface area contributed by atoms with Crippen LogP contribution < -0.4 is 5.32 Å². The summed E-state index contributed by atoms with van der Waals surface area (Å²) >= 11 is 0. The topological polar surface area (TPSA) is 17.0 Å². The third kappa shape index (κ3) is 2.46. The van der Waals surface area contributed by atoms with Gasteiger partial charge in [0.15, 0.2) is 17.5 Å². The van der Waals surface area contributed by atoms with Gasteiger partial charge in [-0.2, -0.15) is 0 Å². The molecule has 0 bridgehead atoms. The Hall–Kier alpha value is -2.43. The highest BCUT2D eigenvalue weighted by molar-refractivity contribution is 5.84. The quantitative estimate of drug-likeness (QED) is 0.715. The molecule has 0 aliphatic heterocycles. The van der Waals surface area contributed by atoms with E-state index >= 15 is 0 Å². The van der Waals surface area contributed by atoms with E-state index in [9.17, 15) is 13.2 Å². The first-order valence-electron chi connectivity index (χ1n) is 6.47. The lowest BCUT2D eigenvalue weighted by molar-refractivity contribution is 0.447. The Morgan fingerprint density at radius 1 is 1.05 bits per heavy atom. The molecule has 0 atom stereocenters. The standard InChI is InChI=1S/C16H13F3N2/c1-21-9-10(12-4-2-3-5-15(12)21)8-20-11-6-13(17)16(19)14(18)7-11/h2-7,9,20H,8H2,1H3. The minimum absolute atomic E-state index is 0.208. The van der Waals surface area contributed by atoms with Gasteiger partial charge in [-0.05, 0) is 11.6 Å². The highest BCUT2D eigenvalue weighted by Gasteiger charge is 2.11. The second kappa shape index (κ2) is 5.16. The summed E-state index contributed by atoms with van der Waals surface area (Å²) < 4.78 is 41.2. The number of halogens is 3. The third-order valence-corrected chi connectivity index (χ3v) is 3.45. The van der Waals surface area contributed by atoms with E-state index in [0.717, 1.165) is 28.6 Å². The molecule has 3 rings (SSSR count). The fraction of sp³-hybridized carbons (Fsp3) is 0.125. The molecular weight excluding hydrogens is 277 g/mol. The van der Waals surface area contributed by atoms with Crippen molar-refractivity contribution in [2.45, 2.75) is 6.54 Å². The second-order valence-electron chi connectivity index (χ2n) is 4.89. The zero-order valence-electron chi connectivity index (χ0n) is 11.3. The van der Waals surface area contributed by atoms with E-state index in [2.05, 4.69) is 5.32 Å². The number of fused-ring (bicyclic) bond motifs is 1. The Bertz CT molecular complexity index is 785. The van der Waals surface area contributed by atoms with Crippen molar-refractivity contribution < 1.29 is 13.2 Å². The van der Waals surface area contributed by atoms with E-state index in [0.29, 0.717) is 6.54 Å². The van der Waals surface area contributed by atoms with Crippen molar-refractivity contribution in [1.82, 2.24) is 4.57 Å². The van der Waals surface area contributed by atoms with Crippen LogP contribution in [0.3, 0.4) is 0 Å². The van der Waals surface area contributed by atoms with Crippen LogP contribution >= 0.6 is 0 Å². The predicted molar refractivity (Wildman–Crippen MR) is 76.6 cm³/mol. The zero-order valence-corrected chi connectivity index (χ0v) is 11.3. The number of hydrogen-bond acceptors (Lipinski definition) is 1. The highest BCUT2D eigenvalue weighted by atomic mass is 19.2. The van der Waals surface area contributed by atoms with Crippen LogP contribution in [0.2, 0.25) is 0 Å². The Kier molecular flexibility index (Phi) is 3.33. The van der Waals surface area contributed by atoms with Crippen LogP contribution in [0.25, 0.3) is 10.9 Å². The molecule has 0 radical (unpaired) electrons. The molecule has 3 aromatic rings. The van der Waals surface area contributed by atoms with E-state index in [1.165, 1.54) is 0 Å². The summed E-state index contributed by atoms with van der Waals surface area (Å²) in [7, 11) is 1.93. The van der Waals surface area contributed by atoms with Crippen molar-refractivity contribution >= 4 is 16.6 Å². The molecule has 0 aliphatic carbocycles. The molecule has 0 saturated heterocycles. The first kappa shape index (κ1) is 13.5. The van der Waals surface area contributed by atoms with E-state index in [-0.39, 0.29) is 5.69 Å². The van der Waals surface area contributed by atoms with Crippen LogP contribution in [-0.2, 0) is 13.6 Å². The number of aryl methyl sites for hydroxylation is 1. The summed E-state index contributed by atoms with van der Waals surface area (Å²) in [6.07, 6.45) is 1.95. The molecule has 108 valence electrons. The molecule has 21 heavy (non-hydrogen) atoms. The smallest absolute Gasteiger partial charge is 0.194 e. The fourth-order valence-electron chi connectivity index (χ4n) is 2.42. The predicted octanol–water partition coefficient (Wildman–Crippen LogP) is 4.21. The molecule has 1 N–H and O–H groups in total. The van der Waals surface area contributed by atoms with Gasteiger partial charge in [0.2, 0.25) is 0 Å². The molecule has 0 saturated carbocycles. The van der Waals surface area contributed by atoms with Gasteiger partial charge in [-0.3, -0.25) is 0 Å². The van der Waals surface area contributed by atoms with Crippen LogP contribution in [-0.4, -0.2) is 4.57 Å². The Morgan fingerprint density at radius 2 is 1.71 bits per heavy atom. The Morgan fingerprint density at radius 3 is 2.43 bits per heavy atom. The molecule has 1 aromatic heterocycles. The van der Waals surface area contributed by atoms with Gasteiger partial charge < -0.3 is 9.88 Å². The molecule has 0 fully saturated rings. The maximum atomic E-state index is 13.2. The van der Waals surface area contributed by atoms with Crippen molar-refractivity contribution in [2.24, 2.45) is 7.05 Å². The number of rotatable bonds is 3. The monoisotopic (exact) mass is 290 g/mol. The maximum Gasteiger partial charge on any atom is 0.194 e. The maximum absolute atomic E-state index is 13.2. The lowest BCUT2D eigenvalue weighted by atomic mass is 10.1. The van der Waals surface area contributed by atoms with Gasteiger partial charge in [-0.25, -0.2) is 13.2 Å². The van der Waals surface area contributed by atoms with Gasteiger partial charge in [-0.15, -0.1) is 0 Å². The van der Waals surface area contributed by atoms with Crippen molar-refractivity contribution in [3.05, 3.63) is 65.6 Å². The second-order valence-corrected chi connectivity index (χ2v) is 4.89. The largest absolute Gasteiger partial charge is 0.381 e. The Labute approximate surface area is 119 Å². The van der Waals surface area contributed by atoms with Gasteiger partial charge in [0.25, 0.3) is 0 Å². The number of aromatic nitrogens is 1. The molecule has 2 aromatic carbocycles. The number of para-hydroxylation sites is 1. The van der Waals surface area contributed by atoms with Gasteiger partial charge in [-0.1, -0.05) is 18.2 Å². The summed E-state index contributed by atoms with van der Waals surface area (Å²) in [6, 6.07) is 9.76. The Balaban J connectivity index is 1.87. The van der Waals surface area contributed by atoms with Crippen LogP contribution in [0.4, 0.5) is 18.9 Å². The summed E-state index contributed by atoms with van der Waals surface area (Å²) in [4.78, 5) is 0. The van der Waals surface area contributed by atoms with Gasteiger partial charge in [0, 0.05) is 48.5 Å². The third-order valence-electron chi connectivity index (χ3n) is 3.45. The van der Waals surface area contributed by atoms with Gasteiger partial charge >= 0.3 is 0 Å². The lowest BCUT2D eigenvalue weighted by Crippen LogP contribution is -2.01. The van der Waals surface area contributed by atoms with Crippen LogP contribution in [0.15, 0.2) is 42.6 Å². The number of anilines is 1. The van der Waals surface area contributed by atoms with Crippen molar-refractivity contribution in [3.8, 4) is 0 Å². The number of hydrogen-bond donors (Lipinski definition) is 1. The fourth-order valence-corrected chi connectivity index (χ4v) is 2.42. The van der Waals surface area contributed by atoms with E-state index < -0.39 is 17.5 Å². The summed E-state index contributed by atoms with van der Waals surface area (Å²) in [6.45, 7) is 0.395. The molecule has 0 amide bonds. The lowest BCUT2D eigenvalue weighted by Gasteiger charge is -2.07. The van der Waals surface area contributed by atoms with E-state index in [1.54, 1.807) is 0 Å². The minimum Gasteiger partial charge on any atom is -0.381 e. The molecule has 1 heterocycles. The zero-order chi connectivity index (χ0) is 15.0. The summed E-state index contributed by atoms with van der Waals surface area (Å²) in [5.74, 6) is -3.85. The molecule has 0 unspecified atom stereocenters. The normalized spacial score (nSPS) is 11.0. The first-order valence-corrected chi connectivity index (χ1v) is 6.47. The first-order chi connectivity index (χ1) is 10.1. The van der Waals surface area contributed by atoms with Gasteiger partial charge in [0.05, 0.1) is 0 Å². The SMILES string of the molecule is Cn1cc(CNc2cc(F)c(F)c(F)c2)c2ccccc21. The van der Waals surface area contributed by atoms with Crippen LogP contribution in [0, 0.1) is 17.5 Å². The molecule has 0 aliphatic rings. The number of benzene rings is 2. The number of nitrogens with zero attached hydrogens (tertiary/aromatic N) is 1. The number of nitrogens with one attached hydrogen (secondary N) is 1. The van der Waals surface area contributed by atoms with Crippen molar-refractivity contribution in [3.63, 3.8) is 0 Å². The average Bonchev–Trinajstić information content (AvgIpc) is 2.79. The highest BCUT2D eigenvalue weighted by Crippen LogP contribution is 2.22. The molecular formula is C16H13F3N2. The summed E-state index contributed by atoms with van der Waals surface area (Å²) in [5, 5.41) is 3.98. The van der Waals surface area contributed by atoms with Crippen LogP contribution in [0.1, 0.15) is 5.56 Å². The molecule has 5 heteroatoms. The summed E-state index contributed by atoms with van der Waals surface area (Å²) in [5.41, 5.74) is 2.28.